The van der Waals surface area contributed by atoms with E-state index in [0.717, 1.165) is 12.2 Å². The fourth-order valence-corrected chi connectivity index (χ4v) is 2.58. The molecular formula is C14H25N3O2S. The third-order valence-electron chi connectivity index (χ3n) is 3.16. The van der Waals surface area contributed by atoms with Gasteiger partial charge in [0.15, 0.2) is 9.84 Å². The summed E-state index contributed by atoms with van der Waals surface area (Å²) in [5.74, 6) is 0.436. The molecule has 1 aromatic rings. The second-order valence-electron chi connectivity index (χ2n) is 5.78. The highest BCUT2D eigenvalue weighted by atomic mass is 32.2. The Bertz CT molecular complexity index is 554. The molecule has 5 nitrogen and oxygen atoms in total. The quantitative estimate of drug-likeness (QED) is 0.782. The summed E-state index contributed by atoms with van der Waals surface area (Å²) < 4.78 is 23.0. The van der Waals surface area contributed by atoms with Crippen molar-refractivity contribution in [3.63, 3.8) is 0 Å². The Hall–Kier alpha value is -1.27. The van der Waals surface area contributed by atoms with Gasteiger partial charge in [-0.05, 0) is 38.2 Å². The second-order valence-corrected chi connectivity index (χ2v) is 7.79. The number of hydrogen-bond donors (Lipinski definition) is 2. The van der Waals surface area contributed by atoms with E-state index in [1.165, 1.54) is 12.3 Å². The third-order valence-corrected chi connectivity index (χ3v) is 4.27. The summed E-state index contributed by atoms with van der Waals surface area (Å²) in [5.41, 5.74) is 7.19. The van der Waals surface area contributed by atoms with Crippen LogP contribution in [0.4, 0.5) is 11.4 Å². The summed E-state index contributed by atoms with van der Waals surface area (Å²) in [6, 6.07) is 5.07. The lowest BCUT2D eigenvalue weighted by Crippen LogP contribution is -2.36. The van der Waals surface area contributed by atoms with Crippen LogP contribution in [0, 0.1) is 5.92 Å². The molecule has 0 aliphatic heterocycles. The molecule has 3 N–H and O–H groups in total. The smallest absolute Gasteiger partial charge is 0.175 e. The van der Waals surface area contributed by atoms with Crippen molar-refractivity contribution in [2.75, 3.05) is 37.9 Å². The van der Waals surface area contributed by atoms with Crippen molar-refractivity contribution < 1.29 is 8.42 Å². The van der Waals surface area contributed by atoms with Gasteiger partial charge in [-0.3, -0.25) is 0 Å². The minimum atomic E-state index is -3.22. The lowest BCUT2D eigenvalue weighted by atomic mass is 10.0. The minimum Gasteiger partial charge on any atom is -0.397 e. The summed E-state index contributed by atoms with van der Waals surface area (Å²) in [7, 11) is 0.820. The predicted molar refractivity (Wildman–Crippen MR) is 84.8 cm³/mol. The first-order chi connectivity index (χ1) is 9.11. The number of hydrogen-bond acceptors (Lipinski definition) is 5. The topological polar surface area (TPSA) is 75.4 Å². The fourth-order valence-electron chi connectivity index (χ4n) is 1.92. The van der Waals surface area contributed by atoms with E-state index in [-0.39, 0.29) is 10.9 Å². The number of anilines is 2. The molecule has 0 saturated heterocycles. The third kappa shape index (κ3) is 4.68. The van der Waals surface area contributed by atoms with Crippen LogP contribution >= 0.6 is 0 Å². The highest BCUT2D eigenvalue weighted by Gasteiger charge is 2.16. The molecule has 0 bridgehead atoms. The van der Waals surface area contributed by atoms with E-state index in [1.807, 2.05) is 14.1 Å². The summed E-state index contributed by atoms with van der Waals surface area (Å²) in [6.07, 6.45) is 1.18. The summed E-state index contributed by atoms with van der Waals surface area (Å²) >= 11 is 0. The van der Waals surface area contributed by atoms with Gasteiger partial charge in [0.05, 0.1) is 16.3 Å². The number of likely N-dealkylation sites (N-methyl/N-ethyl adjacent to an activating group) is 1. The van der Waals surface area contributed by atoms with Gasteiger partial charge in [-0.2, -0.15) is 0 Å². The maximum Gasteiger partial charge on any atom is 0.175 e. The van der Waals surface area contributed by atoms with Crippen molar-refractivity contribution in [3.8, 4) is 0 Å². The SMILES string of the molecule is CC(C)C(CN(C)C)Nc1ccc(S(C)(=O)=O)cc1N. The average Bonchev–Trinajstić information content (AvgIpc) is 2.28. The van der Waals surface area contributed by atoms with Gasteiger partial charge >= 0.3 is 0 Å². The second kappa shape index (κ2) is 6.45. The van der Waals surface area contributed by atoms with Crippen LogP contribution in [0.5, 0.6) is 0 Å². The molecule has 0 fully saturated rings. The van der Waals surface area contributed by atoms with Gasteiger partial charge in [0, 0.05) is 18.8 Å². The number of rotatable bonds is 6. The van der Waals surface area contributed by atoms with E-state index in [0.29, 0.717) is 11.6 Å². The highest BCUT2D eigenvalue weighted by molar-refractivity contribution is 7.90. The molecular weight excluding hydrogens is 274 g/mol. The predicted octanol–water partition coefficient (Wildman–Crippen LogP) is 1.67. The number of nitrogen functional groups attached to an aromatic ring is 1. The van der Waals surface area contributed by atoms with Crippen LogP contribution in [0.25, 0.3) is 0 Å². The maximum atomic E-state index is 11.5. The van der Waals surface area contributed by atoms with E-state index in [1.54, 1.807) is 12.1 Å². The first-order valence-corrected chi connectivity index (χ1v) is 8.51. The van der Waals surface area contributed by atoms with Crippen molar-refractivity contribution in [2.24, 2.45) is 5.92 Å². The van der Waals surface area contributed by atoms with Crippen LogP contribution in [0.3, 0.4) is 0 Å². The Morgan fingerprint density at radius 2 is 1.90 bits per heavy atom. The summed E-state index contributed by atoms with van der Waals surface area (Å²) in [4.78, 5) is 2.35. The highest BCUT2D eigenvalue weighted by Crippen LogP contribution is 2.24. The zero-order chi connectivity index (χ0) is 15.5. The largest absolute Gasteiger partial charge is 0.397 e. The van der Waals surface area contributed by atoms with Crippen LogP contribution in [0.15, 0.2) is 23.1 Å². The van der Waals surface area contributed by atoms with E-state index in [2.05, 4.69) is 24.1 Å². The van der Waals surface area contributed by atoms with Crippen molar-refractivity contribution in [2.45, 2.75) is 24.8 Å². The van der Waals surface area contributed by atoms with E-state index in [4.69, 9.17) is 5.73 Å². The normalized spacial score (nSPS) is 13.8. The van der Waals surface area contributed by atoms with Gasteiger partial charge in [0.1, 0.15) is 0 Å². The van der Waals surface area contributed by atoms with Crippen LogP contribution in [-0.4, -0.2) is 46.3 Å². The molecule has 6 heteroatoms. The van der Waals surface area contributed by atoms with Crippen molar-refractivity contribution >= 4 is 21.2 Å². The molecule has 1 aromatic carbocycles. The number of nitrogens with one attached hydrogen (secondary N) is 1. The standard InChI is InChI=1S/C14H25N3O2S/c1-10(2)14(9-17(3)4)16-13-7-6-11(8-12(13)15)20(5,18)19/h6-8,10,14,16H,9,15H2,1-5H3. The summed E-state index contributed by atoms with van der Waals surface area (Å²) in [5, 5.41) is 3.40. The Labute approximate surface area is 122 Å². The molecule has 1 rings (SSSR count). The van der Waals surface area contributed by atoms with Crippen LogP contribution in [0.1, 0.15) is 13.8 Å². The van der Waals surface area contributed by atoms with Gasteiger partial charge in [-0.1, -0.05) is 13.8 Å². The first-order valence-electron chi connectivity index (χ1n) is 6.62. The minimum absolute atomic E-state index is 0.245. The number of sulfone groups is 1. The maximum absolute atomic E-state index is 11.5. The molecule has 1 atom stereocenters. The molecule has 0 saturated carbocycles. The van der Waals surface area contributed by atoms with E-state index >= 15 is 0 Å². The van der Waals surface area contributed by atoms with Crippen LogP contribution in [0.2, 0.25) is 0 Å². The molecule has 0 aliphatic carbocycles. The van der Waals surface area contributed by atoms with E-state index in [9.17, 15) is 8.42 Å². The average molecular weight is 299 g/mol. The van der Waals surface area contributed by atoms with Gasteiger partial charge < -0.3 is 16.0 Å². The van der Waals surface area contributed by atoms with Crippen LogP contribution < -0.4 is 11.1 Å². The number of benzene rings is 1. The van der Waals surface area contributed by atoms with E-state index < -0.39 is 9.84 Å². The first kappa shape index (κ1) is 16.8. The molecule has 0 amide bonds. The van der Waals surface area contributed by atoms with Gasteiger partial charge in [0.25, 0.3) is 0 Å². The van der Waals surface area contributed by atoms with Crippen molar-refractivity contribution in [1.29, 1.82) is 0 Å². The van der Waals surface area contributed by atoms with Gasteiger partial charge in [0.2, 0.25) is 0 Å². The van der Waals surface area contributed by atoms with Crippen molar-refractivity contribution in [1.82, 2.24) is 4.90 Å². The Morgan fingerprint density at radius 3 is 2.30 bits per heavy atom. The zero-order valence-corrected chi connectivity index (χ0v) is 13.7. The van der Waals surface area contributed by atoms with Gasteiger partial charge in [-0.25, -0.2) is 8.42 Å². The molecule has 0 spiro atoms. The number of nitrogens with two attached hydrogens (primary N) is 1. The molecule has 0 heterocycles. The molecule has 0 aromatic heterocycles. The lowest BCUT2D eigenvalue weighted by Gasteiger charge is -2.27. The molecule has 1 unspecified atom stereocenters. The molecule has 114 valence electrons. The zero-order valence-electron chi connectivity index (χ0n) is 12.8. The lowest BCUT2D eigenvalue weighted by molar-refractivity contribution is 0.344. The summed E-state index contributed by atoms with van der Waals surface area (Å²) in [6.45, 7) is 5.16. The monoisotopic (exact) mass is 299 g/mol. The molecule has 0 radical (unpaired) electrons. The van der Waals surface area contributed by atoms with Crippen molar-refractivity contribution in [3.05, 3.63) is 18.2 Å². The van der Waals surface area contributed by atoms with Gasteiger partial charge in [-0.15, -0.1) is 0 Å². The van der Waals surface area contributed by atoms with Crippen LogP contribution in [-0.2, 0) is 9.84 Å². The Kier molecular flexibility index (Phi) is 5.42. The molecule has 20 heavy (non-hydrogen) atoms. The Balaban J connectivity index is 2.97. The molecule has 0 aliphatic rings. The Morgan fingerprint density at radius 1 is 1.30 bits per heavy atom. The fraction of sp³-hybridized carbons (Fsp3) is 0.571. The number of nitrogens with zero attached hydrogens (tertiary/aromatic N) is 1.